The van der Waals surface area contributed by atoms with Crippen molar-refractivity contribution in [2.75, 3.05) is 25.7 Å². The third kappa shape index (κ3) is 4.00. The van der Waals surface area contributed by atoms with Crippen molar-refractivity contribution in [2.24, 2.45) is 0 Å². The van der Waals surface area contributed by atoms with Crippen molar-refractivity contribution in [1.82, 2.24) is 24.7 Å². The van der Waals surface area contributed by atoms with Crippen LogP contribution in [0.15, 0.2) is 61.1 Å². The molecule has 1 N–H and O–H groups in total. The van der Waals surface area contributed by atoms with Crippen LogP contribution >= 0.6 is 0 Å². The number of fused-ring (bicyclic) bond motifs is 1. The molecule has 1 amide bonds. The number of rotatable bonds is 7. The molecule has 1 aliphatic rings. The minimum Gasteiger partial charge on any atom is -0.497 e. The van der Waals surface area contributed by atoms with E-state index < -0.39 is 0 Å². The summed E-state index contributed by atoms with van der Waals surface area (Å²) < 4.78 is 12.7. The molecule has 1 saturated heterocycles. The fraction of sp³-hybridized carbons (Fsp3) is 0.280. The molecule has 4 aromatic rings. The van der Waals surface area contributed by atoms with Crippen LogP contribution in [0.2, 0.25) is 0 Å². The summed E-state index contributed by atoms with van der Waals surface area (Å²) in [5.41, 5.74) is 1.97. The minimum atomic E-state index is -0.250. The molecule has 0 bridgehead atoms. The summed E-state index contributed by atoms with van der Waals surface area (Å²) in [6, 6.07) is 13.1. The van der Waals surface area contributed by atoms with Crippen LogP contribution in [0.1, 0.15) is 40.8 Å². The van der Waals surface area contributed by atoms with Crippen molar-refractivity contribution < 1.29 is 14.3 Å². The molecule has 3 aromatic heterocycles. The molecule has 9 heteroatoms. The topological polar surface area (TPSA) is 93.9 Å². The molecule has 1 aromatic carbocycles. The monoisotopic (exact) mass is 458 g/mol. The molecule has 0 spiro atoms. The largest absolute Gasteiger partial charge is 0.497 e. The Kier molecular flexibility index (Phi) is 5.99. The molecule has 1 atom stereocenters. The molecule has 9 nitrogen and oxygen atoms in total. The zero-order chi connectivity index (χ0) is 23.5. The van der Waals surface area contributed by atoms with E-state index >= 15 is 0 Å². The highest BCUT2D eigenvalue weighted by Gasteiger charge is 2.32. The zero-order valence-corrected chi connectivity index (χ0v) is 19.1. The summed E-state index contributed by atoms with van der Waals surface area (Å²) in [6.07, 6.45) is 7.35. The first-order chi connectivity index (χ1) is 16.7. The number of nitrogens with zero attached hydrogens (tertiary/aromatic N) is 5. The zero-order valence-electron chi connectivity index (χ0n) is 19.1. The van der Waals surface area contributed by atoms with Gasteiger partial charge in [-0.1, -0.05) is 6.07 Å². The number of amides is 1. The highest BCUT2D eigenvalue weighted by molar-refractivity contribution is 5.99. The first-order valence-corrected chi connectivity index (χ1v) is 11.2. The summed E-state index contributed by atoms with van der Waals surface area (Å²) >= 11 is 0. The van der Waals surface area contributed by atoms with Crippen LogP contribution in [0.3, 0.4) is 0 Å². The van der Waals surface area contributed by atoms with E-state index in [-0.39, 0.29) is 18.5 Å². The van der Waals surface area contributed by atoms with Gasteiger partial charge in [-0.15, -0.1) is 0 Å². The maximum atomic E-state index is 13.3. The van der Waals surface area contributed by atoms with Gasteiger partial charge >= 0.3 is 0 Å². The standard InChI is InChI=1S/C25H26N6O3/c1-33-18-9-10-21(34-2)17(15-18)16-28-24(32)22-19-7-3-4-13-30(19)23(29-22)20-8-5-14-31(20)25-26-11-6-12-27-25/h3-4,6-7,9-13,15,20H,5,8,14,16H2,1-2H3,(H,28,32)/t20-/m1/s1. The summed E-state index contributed by atoms with van der Waals surface area (Å²) in [7, 11) is 3.21. The van der Waals surface area contributed by atoms with Gasteiger partial charge in [0.2, 0.25) is 5.95 Å². The summed E-state index contributed by atoms with van der Waals surface area (Å²) in [5, 5.41) is 2.99. The van der Waals surface area contributed by atoms with Crippen LogP contribution < -0.4 is 19.7 Å². The Morgan fingerprint density at radius 1 is 1.12 bits per heavy atom. The van der Waals surface area contributed by atoms with Crippen LogP contribution in [-0.4, -0.2) is 46.0 Å². The number of carbonyl (C=O) groups excluding carboxylic acids is 1. The van der Waals surface area contributed by atoms with Crippen LogP contribution in [0.4, 0.5) is 5.95 Å². The van der Waals surface area contributed by atoms with Crippen molar-refractivity contribution in [3.63, 3.8) is 0 Å². The van der Waals surface area contributed by atoms with E-state index in [4.69, 9.17) is 14.5 Å². The SMILES string of the molecule is COc1ccc(OC)c(CNC(=O)c2nc([C@H]3CCCN3c3ncccn3)n3ccccc23)c1. The van der Waals surface area contributed by atoms with Gasteiger partial charge in [-0.05, 0) is 49.2 Å². The Labute approximate surface area is 197 Å². The van der Waals surface area contributed by atoms with E-state index in [1.165, 1.54) is 0 Å². The number of nitrogens with one attached hydrogen (secondary N) is 1. The van der Waals surface area contributed by atoms with Crippen LogP contribution in [0.25, 0.3) is 5.52 Å². The van der Waals surface area contributed by atoms with Gasteiger partial charge in [-0.2, -0.15) is 0 Å². The molecule has 0 unspecified atom stereocenters. The first kappa shape index (κ1) is 21.7. The van der Waals surface area contributed by atoms with Gasteiger partial charge in [0.05, 0.1) is 25.8 Å². The van der Waals surface area contributed by atoms with E-state index in [0.29, 0.717) is 23.1 Å². The number of ether oxygens (including phenoxy) is 2. The average Bonchev–Trinajstić information content (AvgIpc) is 3.52. The van der Waals surface area contributed by atoms with E-state index in [1.54, 1.807) is 32.7 Å². The van der Waals surface area contributed by atoms with Crippen LogP contribution in [0.5, 0.6) is 11.5 Å². The summed E-state index contributed by atoms with van der Waals surface area (Å²) in [4.78, 5) is 29.1. The van der Waals surface area contributed by atoms with Gasteiger partial charge in [0.1, 0.15) is 17.3 Å². The molecule has 0 aliphatic carbocycles. The predicted octanol–water partition coefficient (Wildman–Crippen LogP) is 3.41. The lowest BCUT2D eigenvalue weighted by Gasteiger charge is -2.23. The molecule has 0 radical (unpaired) electrons. The summed E-state index contributed by atoms with van der Waals surface area (Å²) in [5.74, 6) is 2.61. The number of anilines is 1. The second-order valence-electron chi connectivity index (χ2n) is 8.04. The van der Waals surface area contributed by atoms with Crippen molar-refractivity contribution in [2.45, 2.75) is 25.4 Å². The van der Waals surface area contributed by atoms with E-state index in [1.807, 2.05) is 47.0 Å². The number of imidazole rings is 1. The molecule has 174 valence electrons. The van der Waals surface area contributed by atoms with E-state index in [9.17, 15) is 4.79 Å². The number of methoxy groups -OCH3 is 2. The fourth-order valence-corrected chi connectivity index (χ4v) is 4.46. The predicted molar refractivity (Wildman–Crippen MR) is 127 cm³/mol. The van der Waals surface area contributed by atoms with Crippen molar-refractivity contribution in [3.8, 4) is 11.5 Å². The molecule has 4 heterocycles. The first-order valence-electron chi connectivity index (χ1n) is 11.2. The van der Waals surface area contributed by atoms with E-state index in [0.717, 1.165) is 36.3 Å². The maximum Gasteiger partial charge on any atom is 0.272 e. The molecular formula is C25H26N6O3. The number of carbonyl (C=O) groups is 1. The number of benzene rings is 1. The normalized spacial score (nSPS) is 15.5. The molecule has 34 heavy (non-hydrogen) atoms. The maximum absolute atomic E-state index is 13.3. The van der Waals surface area contributed by atoms with Crippen LogP contribution in [0, 0.1) is 0 Å². The number of hydrogen-bond acceptors (Lipinski definition) is 7. The minimum absolute atomic E-state index is 0.0164. The highest BCUT2D eigenvalue weighted by Crippen LogP contribution is 2.34. The van der Waals surface area contributed by atoms with Gasteiger partial charge in [-0.3, -0.25) is 4.79 Å². The number of pyridine rings is 1. The van der Waals surface area contributed by atoms with Gasteiger partial charge in [0.15, 0.2) is 5.69 Å². The molecule has 0 saturated carbocycles. The van der Waals surface area contributed by atoms with Crippen molar-refractivity contribution >= 4 is 17.4 Å². The Morgan fingerprint density at radius 2 is 1.97 bits per heavy atom. The quantitative estimate of drug-likeness (QED) is 0.454. The lowest BCUT2D eigenvalue weighted by molar-refractivity contribution is 0.0947. The van der Waals surface area contributed by atoms with Gasteiger partial charge in [0.25, 0.3) is 5.91 Å². The second-order valence-corrected chi connectivity index (χ2v) is 8.04. The molecule has 1 aliphatic heterocycles. The Hall–Kier alpha value is -4.14. The smallest absolute Gasteiger partial charge is 0.272 e. The summed E-state index contributed by atoms with van der Waals surface area (Å²) in [6.45, 7) is 1.13. The molecule has 1 fully saturated rings. The van der Waals surface area contributed by atoms with Crippen LogP contribution in [-0.2, 0) is 6.54 Å². The Morgan fingerprint density at radius 3 is 2.76 bits per heavy atom. The van der Waals surface area contributed by atoms with Crippen molar-refractivity contribution in [3.05, 3.63) is 78.1 Å². The highest BCUT2D eigenvalue weighted by atomic mass is 16.5. The third-order valence-electron chi connectivity index (χ3n) is 6.08. The van der Waals surface area contributed by atoms with Gasteiger partial charge in [-0.25, -0.2) is 15.0 Å². The lowest BCUT2D eigenvalue weighted by atomic mass is 10.2. The third-order valence-corrected chi connectivity index (χ3v) is 6.08. The van der Waals surface area contributed by atoms with Gasteiger partial charge < -0.3 is 24.1 Å². The van der Waals surface area contributed by atoms with Crippen molar-refractivity contribution in [1.29, 1.82) is 0 Å². The lowest BCUT2D eigenvalue weighted by Crippen LogP contribution is -2.26. The number of aromatic nitrogens is 4. The second kappa shape index (κ2) is 9.38. The molecular weight excluding hydrogens is 432 g/mol. The van der Waals surface area contributed by atoms with Gasteiger partial charge in [0, 0.05) is 37.2 Å². The number of hydrogen-bond donors (Lipinski definition) is 1. The average molecular weight is 459 g/mol. The van der Waals surface area contributed by atoms with E-state index in [2.05, 4.69) is 20.2 Å². The Bertz CT molecular complexity index is 1310. The fourth-order valence-electron chi connectivity index (χ4n) is 4.46. The Balaban J connectivity index is 1.45. The molecule has 5 rings (SSSR count).